The summed E-state index contributed by atoms with van der Waals surface area (Å²) in [5, 5.41) is 5.39. The zero-order valence-electron chi connectivity index (χ0n) is 18.1. The van der Waals surface area contributed by atoms with Crippen molar-refractivity contribution in [3.63, 3.8) is 0 Å². The van der Waals surface area contributed by atoms with Gasteiger partial charge in [-0.15, -0.1) is 0 Å². The van der Waals surface area contributed by atoms with Gasteiger partial charge in [0.1, 0.15) is 6.61 Å². The second-order valence-corrected chi connectivity index (χ2v) is 7.75. The van der Waals surface area contributed by atoms with Crippen molar-refractivity contribution < 1.29 is 19.1 Å². The minimum Gasteiger partial charge on any atom is -0.493 e. The number of hydrazone groups is 1. The van der Waals surface area contributed by atoms with Crippen molar-refractivity contribution in [3.05, 3.63) is 100 Å². The SMILES string of the molecule is COc1cc(/C=C2/C(=O)N(C(=O)c3ccccc3)N=C2C)cc(Cl)c1OCc1ccccc1. The molecule has 3 aromatic rings. The molecule has 3 aromatic carbocycles. The van der Waals surface area contributed by atoms with Gasteiger partial charge in [-0.2, -0.15) is 10.1 Å². The molecule has 0 N–H and O–H groups in total. The Morgan fingerprint density at radius 3 is 2.39 bits per heavy atom. The van der Waals surface area contributed by atoms with Crippen LogP contribution in [0.15, 0.2) is 83.5 Å². The topological polar surface area (TPSA) is 68.2 Å². The van der Waals surface area contributed by atoms with Crippen molar-refractivity contribution in [2.75, 3.05) is 7.11 Å². The third-order valence-corrected chi connectivity index (χ3v) is 5.35. The molecule has 0 saturated carbocycles. The van der Waals surface area contributed by atoms with Crippen LogP contribution < -0.4 is 9.47 Å². The van der Waals surface area contributed by atoms with E-state index in [4.69, 9.17) is 21.1 Å². The summed E-state index contributed by atoms with van der Waals surface area (Å²) in [5.74, 6) is -0.138. The fourth-order valence-electron chi connectivity index (χ4n) is 3.38. The number of hydrogen-bond donors (Lipinski definition) is 0. The van der Waals surface area contributed by atoms with Gasteiger partial charge in [0.2, 0.25) is 0 Å². The van der Waals surface area contributed by atoms with E-state index in [2.05, 4.69) is 5.10 Å². The largest absolute Gasteiger partial charge is 0.493 e. The van der Waals surface area contributed by atoms with E-state index in [9.17, 15) is 9.59 Å². The predicted molar refractivity (Wildman–Crippen MR) is 127 cm³/mol. The highest BCUT2D eigenvalue weighted by molar-refractivity contribution is 6.33. The lowest BCUT2D eigenvalue weighted by Gasteiger charge is -2.14. The van der Waals surface area contributed by atoms with Gasteiger partial charge in [-0.3, -0.25) is 9.59 Å². The lowest BCUT2D eigenvalue weighted by Crippen LogP contribution is -2.29. The number of rotatable bonds is 6. The van der Waals surface area contributed by atoms with Crippen LogP contribution in [0, 0.1) is 0 Å². The highest BCUT2D eigenvalue weighted by Gasteiger charge is 2.33. The maximum Gasteiger partial charge on any atom is 0.283 e. The van der Waals surface area contributed by atoms with Gasteiger partial charge in [0, 0.05) is 5.56 Å². The number of benzene rings is 3. The van der Waals surface area contributed by atoms with Crippen molar-refractivity contribution in [2.24, 2.45) is 5.10 Å². The molecule has 0 aliphatic carbocycles. The maximum absolute atomic E-state index is 12.9. The van der Waals surface area contributed by atoms with Crippen molar-refractivity contribution >= 4 is 35.2 Å². The zero-order chi connectivity index (χ0) is 23.4. The van der Waals surface area contributed by atoms with Crippen molar-refractivity contribution in [1.29, 1.82) is 0 Å². The molecule has 6 nitrogen and oxygen atoms in total. The molecule has 1 aliphatic heterocycles. The minimum absolute atomic E-state index is 0.301. The smallest absolute Gasteiger partial charge is 0.283 e. The standard InChI is InChI=1S/C26H21ClN2O4/c1-17-21(26(31)29(28-17)25(30)20-11-7-4-8-12-20)13-19-14-22(27)24(23(15-19)32-2)33-16-18-9-5-3-6-10-18/h3-15H,16H2,1-2H3/b21-13+. The molecule has 4 rings (SSSR count). The van der Waals surface area contributed by atoms with Crippen LogP contribution >= 0.6 is 11.6 Å². The molecule has 0 saturated heterocycles. The number of carbonyl (C=O) groups is 2. The van der Waals surface area contributed by atoms with E-state index >= 15 is 0 Å². The van der Waals surface area contributed by atoms with Gasteiger partial charge in [0.05, 0.1) is 23.4 Å². The Morgan fingerprint density at radius 2 is 1.73 bits per heavy atom. The van der Waals surface area contributed by atoms with E-state index in [0.717, 1.165) is 10.6 Å². The molecule has 0 bridgehead atoms. The molecular weight excluding hydrogens is 440 g/mol. The van der Waals surface area contributed by atoms with E-state index in [0.29, 0.717) is 45.5 Å². The van der Waals surface area contributed by atoms with Crippen LogP contribution in [0.4, 0.5) is 0 Å². The van der Waals surface area contributed by atoms with Crippen LogP contribution in [0.1, 0.15) is 28.4 Å². The molecule has 0 radical (unpaired) electrons. The second-order valence-electron chi connectivity index (χ2n) is 7.34. The molecule has 1 heterocycles. The Hall–Kier alpha value is -3.90. The molecule has 2 amide bonds. The van der Waals surface area contributed by atoms with Crippen LogP contribution in [-0.2, 0) is 11.4 Å². The van der Waals surface area contributed by atoms with E-state index < -0.39 is 11.8 Å². The maximum atomic E-state index is 12.9. The highest BCUT2D eigenvalue weighted by Crippen LogP contribution is 2.38. The summed E-state index contributed by atoms with van der Waals surface area (Å²) in [6, 6.07) is 21.7. The number of hydrogen-bond acceptors (Lipinski definition) is 5. The first-order chi connectivity index (χ1) is 16.0. The third-order valence-electron chi connectivity index (χ3n) is 5.06. The fraction of sp³-hybridized carbons (Fsp3) is 0.115. The molecular formula is C26H21ClN2O4. The van der Waals surface area contributed by atoms with Crippen molar-refractivity contribution in [3.8, 4) is 11.5 Å². The first kappa shape index (κ1) is 22.3. The Balaban J connectivity index is 1.58. The van der Waals surface area contributed by atoms with Crippen molar-refractivity contribution in [1.82, 2.24) is 5.01 Å². The number of imide groups is 1. The number of nitrogens with zero attached hydrogens (tertiary/aromatic N) is 2. The molecule has 0 aromatic heterocycles. The quantitative estimate of drug-likeness (QED) is 0.366. The summed E-state index contributed by atoms with van der Waals surface area (Å²) >= 11 is 6.48. The Labute approximate surface area is 196 Å². The summed E-state index contributed by atoms with van der Waals surface area (Å²) in [4.78, 5) is 25.6. The molecule has 0 unspecified atom stereocenters. The van der Waals surface area contributed by atoms with Gasteiger partial charge in [0.15, 0.2) is 11.5 Å². The number of ether oxygens (including phenoxy) is 2. The molecule has 1 aliphatic rings. The van der Waals surface area contributed by atoms with E-state index in [1.807, 2.05) is 30.3 Å². The molecule has 166 valence electrons. The van der Waals surface area contributed by atoms with Gasteiger partial charge in [0.25, 0.3) is 11.8 Å². The summed E-state index contributed by atoms with van der Waals surface area (Å²) in [5.41, 5.74) is 2.73. The van der Waals surface area contributed by atoms with Gasteiger partial charge in [-0.05, 0) is 48.4 Å². The van der Waals surface area contributed by atoms with Crippen LogP contribution in [0.25, 0.3) is 6.08 Å². The van der Waals surface area contributed by atoms with Gasteiger partial charge >= 0.3 is 0 Å². The predicted octanol–water partition coefficient (Wildman–Crippen LogP) is 5.37. The van der Waals surface area contributed by atoms with Gasteiger partial charge < -0.3 is 9.47 Å². The second kappa shape index (κ2) is 9.71. The third kappa shape index (κ3) is 4.81. The highest BCUT2D eigenvalue weighted by atomic mass is 35.5. The summed E-state index contributed by atoms with van der Waals surface area (Å²) in [6.45, 7) is 2.01. The fourth-order valence-corrected chi connectivity index (χ4v) is 3.66. The van der Waals surface area contributed by atoms with Crippen LogP contribution in [-0.4, -0.2) is 29.6 Å². The lowest BCUT2D eigenvalue weighted by atomic mass is 10.1. The van der Waals surface area contributed by atoms with E-state index in [-0.39, 0.29) is 0 Å². The van der Waals surface area contributed by atoms with Gasteiger partial charge in [-0.25, -0.2) is 0 Å². The zero-order valence-corrected chi connectivity index (χ0v) is 18.9. The molecule has 7 heteroatoms. The molecule has 0 fully saturated rings. The minimum atomic E-state index is -0.499. The van der Waals surface area contributed by atoms with Gasteiger partial charge in [-0.1, -0.05) is 60.1 Å². The molecule has 0 atom stereocenters. The normalized spacial score (nSPS) is 14.4. The summed E-state index contributed by atoms with van der Waals surface area (Å²) in [6.07, 6.45) is 1.63. The van der Waals surface area contributed by atoms with E-state index in [1.165, 1.54) is 7.11 Å². The van der Waals surface area contributed by atoms with Crippen LogP contribution in [0.5, 0.6) is 11.5 Å². The average molecular weight is 461 g/mol. The first-order valence-corrected chi connectivity index (χ1v) is 10.6. The average Bonchev–Trinajstić information content (AvgIpc) is 3.12. The Kier molecular flexibility index (Phi) is 6.56. The van der Waals surface area contributed by atoms with Crippen LogP contribution in [0.2, 0.25) is 5.02 Å². The molecule has 33 heavy (non-hydrogen) atoms. The lowest BCUT2D eigenvalue weighted by molar-refractivity contribution is -0.123. The number of amides is 2. The van der Waals surface area contributed by atoms with E-state index in [1.54, 1.807) is 55.5 Å². The van der Waals surface area contributed by atoms with Crippen LogP contribution in [0.3, 0.4) is 0 Å². The molecule has 0 spiro atoms. The number of methoxy groups -OCH3 is 1. The Morgan fingerprint density at radius 1 is 1.06 bits per heavy atom. The first-order valence-electron chi connectivity index (χ1n) is 10.2. The number of halogens is 1. The Bertz CT molecular complexity index is 1250. The summed E-state index contributed by atoms with van der Waals surface area (Å²) in [7, 11) is 1.52. The summed E-state index contributed by atoms with van der Waals surface area (Å²) < 4.78 is 11.4. The number of carbonyl (C=O) groups excluding carboxylic acids is 2. The van der Waals surface area contributed by atoms with Crippen molar-refractivity contribution in [2.45, 2.75) is 13.5 Å². The monoisotopic (exact) mass is 460 g/mol.